The number of nitrogens with one attached hydrogen (secondary N) is 1. The number of pyridine rings is 1. The van der Waals surface area contributed by atoms with E-state index in [1.165, 1.54) is 29.5 Å². The molecule has 0 fully saturated rings. The number of benzene rings is 1. The van der Waals surface area contributed by atoms with Crippen LogP contribution in [0, 0.1) is 5.82 Å². The van der Waals surface area contributed by atoms with Gasteiger partial charge in [-0.25, -0.2) is 27.9 Å². The van der Waals surface area contributed by atoms with Crippen LogP contribution in [0.3, 0.4) is 0 Å². The number of anilines is 2. The number of fused-ring (bicyclic) bond motifs is 2. The second kappa shape index (κ2) is 10.3. The Bertz CT molecular complexity index is 1760. The number of likely N-dealkylation sites (N-methyl/N-ethyl adjacent to an activating group) is 1. The summed E-state index contributed by atoms with van der Waals surface area (Å²) in [5, 5.41) is 3.39. The second-order valence-electron chi connectivity index (χ2n) is 10.1. The Morgan fingerprint density at radius 3 is 2.79 bits per heavy atom. The van der Waals surface area contributed by atoms with Crippen LogP contribution >= 0.6 is 0 Å². The van der Waals surface area contributed by atoms with E-state index < -0.39 is 9.73 Å². The molecule has 0 amide bonds. The monoisotopic (exact) mass is 550 g/mol. The van der Waals surface area contributed by atoms with Crippen LogP contribution in [0.5, 0.6) is 0 Å². The van der Waals surface area contributed by atoms with Crippen molar-refractivity contribution in [1.82, 2.24) is 29.2 Å². The predicted octanol–water partition coefficient (Wildman–Crippen LogP) is 3.82. The molecule has 0 radical (unpaired) electrons. The molecular formula is C27H31FN8O2S. The molecule has 1 aliphatic rings. The van der Waals surface area contributed by atoms with Gasteiger partial charge < -0.3 is 10.2 Å². The Hall–Kier alpha value is -3.90. The molecule has 0 saturated heterocycles. The SMILES string of the molecule is C=CCn1c(=O)c2cnc(Nc3cc(F)c4c(c3)CCC(N(C)C)C4)nc2n1-c1cccc(N=S(C)(C)=O)n1. The first-order valence-corrected chi connectivity index (χ1v) is 14.9. The molecule has 4 aromatic rings. The second-order valence-corrected chi connectivity index (χ2v) is 12.7. The fourth-order valence-corrected chi connectivity index (χ4v) is 5.41. The Morgan fingerprint density at radius 1 is 1.28 bits per heavy atom. The van der Waals surface area contributed by atoms with Crippen LogP contribution in [0.25, 0.3) is 16.9 Å². The standard InChI is InChI=1S/C27H31FN8O2S/c1-6-12-35-26(37)21-16-29-27(30-18-13-17-10-11-19(34(2)3)15-20(17)22(28)14-18)32-25(21)36(35)24-9-7-8-23(31-24)33-39(4,5)38/h6-9,13-14,16,19H,1,10-12,15H2,2-5H3,(H,29,30,32). The number of hydrogen-bond acceptors (Lipinski definition) is 8. The van der Waals surface area contributed by atoms with E-state index in [0.717, 1.165) is 24.0 Å². The minimum Gasteiger partial charge on any atom is -0.324 e. The first-order valence-electron chi connectivity index (χ1n) is 12.5. The highest BCUT2D eigenvalue weighted by molar-refractivity contribution is 7.92. The van der Waals surface area contributed by atoms with Crippen LogP contribution in [-0.2, 0) is 29.1 Å². The van der Waals surface area contributed by atoms with Crippen molar-refractivity contribution in [2.45, 2.75) is 31.8 Å². The van der Waals surface area contributed by atoms with Crippen molar-refractivity contribution in [2.75, 3.05) is 31.9 Å². The van der Waals surface area contributed by atoms with Crippen molar-refractivity contribution in [1.29, 1.82) is 0 Å². The van der Waals surface area contributed by atoms with Crippen LogP contribution < -0.4 is 10.9 Å². The van der Waals surface area contributed by atoms with Crippen molar-refractivity contribution >= 4 is 38.2 Å². The summed E-state index contributed by atoms with van der Waals surface area (Å²) in [6.07, 6.45) is 8.49. The normalized spacial score (nSPS) is 15.4. The van der Waals surface area contributed by atoms with E-state index in [2.05, 4.69) is 36.1 Å². The average molecular weight is 551 g/mol. The number of halogens is 1. The summed E-state index contributed by atoms with van der Waals surface area (Å²) in [6.45, 7) is 3.96. The Kier molecular flexibility index (Phi) is 7.08. The minimum absolute atomic E-state index is 0.198. The van der Waals surface area contributed by atoms with E-state index >= 15 is 4.39 Å². The van der Waals surface area contributed by atoms with E-state index in [1.807, 2.05) is 20.2 Å². The summed E-state index contributed by atoms with van der Waals surface area (Å²) >= 11 is 0. The molecule has 1 aromatic carbocycles. The fraction of sp³-hybridized carbons (Fsp3) is 0.333. The first-order chi connectivity index (χ1) is 18.5. The molecule has 10 nitrogen and oxygen atoms in total. The number of hydrogen-bond donors (Lipinski definition) is 1. The van der Waals surface area contributed by atoms with Crippen molar-refractivity contribution in [3.05, 3.63) is 76.5 Å². The Morgan fingerprint density at radius 2 is 2.08 bits per heavy atom. The summed E-state index contributed by atoms with van der Waals surface area (Å²) in [5.74, 6) is 0.591. The molecule has 1 atom stereocenters. The Labute approximate surface area is 226 Å². The number of aryl methyl sites for hydroxylation is 1. The zero-order chi connectivity index (χ0) is 27.9. The first kappa shape index (κ1) is 26.7. The third-order valence-corrected chi connectivity index (χ3v) is 7.32. The number of nitrogens with zero attached hydrogens (tertiary/aromatic N) is 7. The molecule has 0 spiro atoms. The van der Waals surface area contributed by atoms with E-state index in [9.17, 15) is 9.00 Å². The van der Waals surface area contributed by atoms with Gasteiger partial charge >= 0.3 is 0 Å². The van der Waals surface area contributed by atoms with Crippen LogP contribution in [0.2, 0.25) is 0 Å². The summed E-state index contributed by atoms with van der Waals surface area (Å²) < 4.78 is 34.5. The van der Waals surface area contributed by atoms with Gasteiger partial charge in [-0.2, -0.15) is 9.35 Å². The van der Waals surface area contributed by atoms with Gasteiger partial charge in [-0.1, -0.05) is 12.1 Å². The molecule has 5 rings (SSSR count). The van der Waals surface area contributed by atoms with Gasteiger partial charge in [0.25, 0.3) is 5.56 Å². The van der Waals surface area contributed by atoms with E-state index in [-0.39, 0.29) is 35.1 Å². The molecular weight excluding hydrogens is 519 g/mol. The van der Waals surface area contributed by atoms with Crippen LogP contribution in [0.4, 0.5) is 21.8 Å². The summed E-state index contributed by atoms with van der Waals surface area (Å²) in [6, 6.07) is 8.78. The van der Waals surface area contributed by atoms with Crippen molar-refractivity contribution < 1.29 is 8.60 Å². The quantitative estimate of drug-likeness (QED) is 0.348. The third-order valence-electron chi connectivity index (χ3n) is 6.69. The molecule has 3 heterocycles. The maximum atomic E-state index is 15.1. The molecule has 0 aliphatic heterocycles. The van der Waals surface area contributed by atoms with Gasteiger partial charge in [0, 0.05) is 40.2 Å². The van der Waals surface area contributed by atoms with Crippen LogP contribution in [-0.4, -0.2) is 66.1 Å². The summed E-state index contributed by atoms with van der Waals surface area (Å²) in [5.41, 5.74) is 2.25. The molecule has 0 saturated carbocycles. The lowest BCUT2D eigenvalue weighted by Crippen LogP contribution is -2.34. The summed E-state index contributed by atoms with van der Waals surface area (Å²) in [7, 11) is 1.59. The molecule has 1 aliphatic carbocycles. The molecule has 12 heteroatoms. The highest BCUT2D eigenvalue weighted by Gasteiger charge is 2.24. The molecule has 39 heavy (non-hydrogen) atoms. The van der Waals surface area contributed by atoms with E-state index in [1.54, 1.807) is 29.0 Å². The lowest BCUT2D eigenvalue weighted by molar-refractivity contribution is 0.265. The number of allylic oxidation sites excluding steroid dienone is 1. The van der Waals surface area contributed by atoms with Gasteiger partial charge in [0.15, 0.2) is 17.3 Å². The highest BCUT2D eigenvalue weighted by atomic mass is 32.2. The smallest absolute Gasteiger partial charge is 0.278 e. The van der Waals surface area contributed by atoms with Crippen molar-refractivity contribution in [2.24, 2.45) is 4.36 Å². The van der Waals surface area contributed by atoms with Gasteiger partial charge in [0.2, 0.25) is 5.95 Å². The highest BCUT2D eigenvalue weighted by Crippen LogP contribution is 2.30. The van der Waals surface area contributed by atoms with Gasteiger partial charge in [0.1, 0.15) is 11.2 Å². The molecule has 1 unspecified atom stereocenters. The van der Waals surface area contributed by atoms with Crippen molar-refractivity contribution in [3.8, 4) is 5.82 Å². The molecule has 204 valence electrons. The average Bonchev–Trinajstić information content (AvgIpc) is 3.14. The molecule has 3 aromatic heterocycles. The largest absolute Gasteiger partial charge is 0.324 e. The maximum absolute atomic E-state index is 15.1. The lowest BCUT2D eigenvalue weighted by Gasteiger charge is -2.30. The third kappa shape index (κ3) is 5.48. The van der Waals surface area contributed by atoms with Gasteiger partial charge in [-0.15, -0.1) is 6.58 Å². The van der Waals surface area contributed by atoms with Gasteiger partial charge in [-0.05, 0) is 68.8 Å². The predicted molar refractivity (Wildman–Crippen MR) is 152 cm³/mol. The summed E-state index contributed by atoms with van der Waals surface area (Å²) in [4.78, 5) is 28.8. The molecule has 0 bridgehead atoms. The zero-order valence-corrected chi connectivity index (χ0v) is 23.2. The van der Waals surface area contributed by atoms with E-state index in [4.69, 9.17) is 0 Å². The van der Waals surface area contributed by atoms with E-state index in [0.29, 0.717) is 29.6 Å². The number of aromatic nitrogens is 5. The topological polar surface area (TPSA) is 110 Å². The zero-order valence-electron chi connectivity index (χ0n) is 22.4. The van der Waals surface area contributed by atoms with Crippen molar-refractivity contribution in [3.63, 3.8) is 0 Å². The maximum Gasteiger partial charge on any atom is 0.278 e. The Balaban J connectivity index is 1.57. The van der Waals surface area contributed by atoms with Crippen LogP contribution in [0.15, 0.2) is 58.3 Å². The minimum atomic E-state index is -2.44. The van der Waals surface area contributed by atoms with Crippen LogP contribution in [0.1, 0.15) is 17.5 Å². The lowest BCUT2D eigenvalue weighted by atomic mass is 9.87. The number of rotatable bonds is 7. The van der Waals surface area contributed by atoms with Gasteiger partial charge in [-0.3, -0.25) is 4.79 Å². The molecule has 1 N–H and O–H groups in total. The van der Waals surface area contributed by atoms with Gasteiger partial charge in [0.05, 0.1) is 6.54 Å². The fourth-order valence-electron chi connectivity index (χ4n) is 4.86.